The van der Waals surface area contributed by atoms with Gasteiger partial charge in [0.25, 0.3) is 0 Å². The van der Waals surface area contributed by atoms with Gasteiger partial charge in [-0.15, -0.1) is 0 Å². The van der Waals surface area contributed by atoms with Crippen molar-refractivity contribution in [2.24, 2.45) is 11.1 Å². The van der Waals surface area contributed by atoms with E-state index < -0.39 is 5.54 Å². The van der Waals surface area contributed by atoms with Crippen LogP contribution in [0.15, 0.2) is 0 Å². The highest BCUT2D eigenvalue weighted by Gasteiger charge is 2.39. The van der Waals surface area contributed by atoms with Crippen molar-refractivity contribution >= 4 is 5.91 Å². The fourth-order valence-corrected chi connectivity index (χ4v) is 2.25. The number of carbonyl (C=O) groups excluding carboxylic acids is 1. The number of aliphatic hydroxyl groups excluding tert-OH is 2. The second kappa shape index (κ2) is 5.80. The van der Waals surface area contributed by atoms with Gasteiger partial charge in [-0.05, 0) is 31.2 Å². The van der Waals surface area contributed by atoms with Gasteiger partial charge in [-0.25, -0.2) is 0 Å². The third-order valence-electron chi connectivity index (χ3n) is 4.07. The summed E-state index contributed by atoms with van der Waals surface area (Å²) in [6, 6.07) is 0. The first-order chi connectivity index (χ1) is 8.05. The van der Waals surface area contributed by atoms with Gasteiger partial charge in [0.05, 0.1) is 18.8 Å². The highest BCUT2D eigenvalue weighted by Crippen LogP contribution is 2.42. The van der Waals surface area contributed by atoms with Gasteiger partial charge in [0, 0.05) is 6.42 Å². The Hall–Kier alpha value is -0.650. The number of carbonyl (C=O) groups is 1. The van der Waals surface area contributed by atoms with E-state index in [2.05, 4.69) is 5.32 Å². The minimum atomic E-state index is -0.892. The predicted molar refractivity (Wildman–Crippen MR) is 65.3 cm³/mol. The summed E-state index contributed by atoms with van der Waals surface area (Å²) in [6.07, 6.45) is 4.01. The second-order valence-electron chi connectivity index (χ2n) is 5.23. The Kier molecular flexibility index (Phi) is 4.91. The first-order valence-electron chi connectivity index (χ1n) is 6.28. The molecule has 1 aliphatic carbocycles. The maximum atomic E-state index is 11.9. The Balaban J connectivity index is 2.53. The minimum absolute atomic E-state index is 0.0471. The van der Waals surface area contributed by atoms with Crippen molar-refractivity contribution in [3.8, 4) is 0 Å². The van der Waals surface area contributed by atoms with E-state index in [1.807, 2.05) is 6.92 Å². The summed E-state index contributed by atoms with van der Waals surface area (Å²) < 4.78 is 0. The van der Waals surface area contributed by atoms with Crippen molar-refractivity contribution in [1.82, 2.24) is 5.32 Å². The molecule has 0 saturated heterocycles. The molecular formula is C12H24N2O3. The molecule has 0 aliphatic heterocycles. The highest BCUT2D eigenvalue weighted by molar-refractivity contribution is 5.77. The van der Waals surface area contributed by atoms with E-state index in [1.165, 1.54) is 0 Å². The zero-order chi connectivity index (χ0) is 12.9. The molecule has 0 aromatic heterocycles. The monoisotopic (exact) mass is 244 g/mol. The lowest BCUT2D eigenvalue weighted by atomic mass is 9.66. The lowest BCUT2D eigenvalue weighted by Gasteiger charge is -2.41. The van der Waals surface area contributed by atoms with Crippen molar-refractivity contribution in [2.45, 2.75) is 44.6 Å². The van der Waals surface area contributed by atoms with Crippen LogP contribution in [-0.2, 0) is 4.79 Å². The van der Waals surface area contributed by atoms with Crippen molar-refractivity contribution in [3.05, 3.63) is 0 Å². The van der Waals surface area contributed by atoms with Crippen LogP contribution in [0.4, 0.5) is 0 Å². The molecule has 0 spiro atoms. The Labute approximate surface area is 102 Å². The van der Waals surface area contributed by atoms with Gasteiger partial charge in [0.1, 0.15) is 0 Å². The number of aliphatic hydroxyl groups is 2. The zero-order valence-corrected chi connectivity index (χ0v) is 10.5. The summed E-state index contributed by atoms with van der Waals surface area (Å²) >= 11 is 0. The van der Waals surface area contributed by atoms with Gasteiger partial charge in [-0.3, -0.25) is 4.79 Å². The molecule has 1 aliphatic rings. The molecule has 0 radical (unpaired) electrons. The summed E-state index contributed by atoms with van der Waals surface area (Å²) in [6.45, 7) is 1.86. The quantitative estimate of drug-likeness (QED) is 0.497. The molecule has 1 saturated carbocycles. The maximum absolute atomic E-state index is 11.9. The third kappa shape index (κ3) is 3.18. The maximum Gasteiger partial charge on any atom is 0.221 e. The van der Waals surface area contributed by atoms with Gasteiger partial charge in [0.2, 0.25) is 5.91 Å². The number of rotatable bonds is 7. The Morgan fingerprint density at radius 3 is 2.29 bits per heavy atom. The number of hydrogen-bond donors (Lipinski definition) is 4. The van der Waals surface area contributed by atoms with Gasteiger partial charge in [-0.2, -0.15) is 0 Å². The van der Waals surface area contributed by atoms with Gasteiger partial charge < -0.3 is 21.3 Å². The molecular weight excluding hydrogens is 220 g/mol. The third-order valence-corrected chi connectivity index (χ3v) is 4.07. The number of amides is 1. The Morgan fingerprint density at radius 1 is 1.41 bits per heavy atom. The van der Waals surface area contributed by atoms with Crippen LogP contribution in [0.1, 0.15) is 39.0 Å². The SMILES string of the molecule is CCC(CO)(CO)NC(=O)CC1(CN)CCC1. The number of nitrogens with one attached hydrogen (secondary N) is 1. The van der Waals surface area contributed by atoms with E-state index in [1.54, 1.807) is 0 Å². The second-order valence-corrected chi connectivity index (χ2v) is 5.23. The molecule has 5 N–H and O–H groups in total. The van der Waals surface area contributed by atoms with Crippen LogP contribution in [-0.4, -0.2) is 41.4 Å². The lowest BCUT2D eigenvalue weighted by molar-refractivity contribution is -0.128. The molecule has 5 heteroatoms. The standard InChI is InChI=1S/C12H24N2O3/c1-2-12(8-15,9-16)14-10(17)6-11(7-13)4-3-5-11/h15-16H,2-9,13H2,1H3,(H,14,17). The van der Waals surface area contributed by atoms with Crippen LogP contribution >= 0.6 is 0 Å². The average molecular weight is 244 g/mol. The van der Waals surface area contributed by atoms with Gasteiger partial charge in [-0.1, -0.05) is 13.3 Å². The average Bonchev–Trinajstić information content (AvgIpc) is 2.31. The van der Waals surface area contributed by atoms with E-state index in [0.717, 1.165) is 19.3 Å². The Morgan fingerprint density at radius 2 is 2.00 bits per heavy atom. The van der Waals surface area contributed by atoms with E-state index in [9.17, 15) is 15.0 Å². The predicted octanol–water partition coefficient (Wildman–Crippen LogP) is -0.245. The molecule has 17 heavy (non-hydrogen) atoms. The summed E-state index contributed by atoms with van der Waals surface area (Å²) in [5.74, 6) is -0.125. The normalized spacial score (nSPS) is 18.6. The molecule has 0 bridgehead atoms. The number of hydrogen-bond acceptors (Lipinski definition) is 4. The van der Waals surface area contributed by atoms with E-state index in [4.69, 9.17) is 5.73 Å². The molecule has 0 unspecified atom stereocenters. The van der Waals surface area contributed by atoms with Crippen LogP contribution in [0, 0.1) is 5.41 Å². The molecule has 1 amide bonds. The van der Waals surface area contributed by atoms with E-state index >= 15 is 0 Å². The molecule has 1 rings (SSSR count). The van der Waals surface area contributed by atoms with Crippen LogP contribution in [0.25, 0.3) is 0 Å². The molecule has 100 valence electrons. The fraction of sp³-hybridized carbons (Fsp3) is 0.917. The largest absolute Gasteiger partial charge is 0.394 e. The summed E-state index contributed by atoms with van der Waals surface area (Å²) in [5, 5.41) is 21.2. The topological polar surface area (TPSA) is 95.6 Å². The number of nitrogens with two attached hydrogens (primary N) is 1. The Bertz CT molecular complexity index is 247. The smallest absolute Gasteiger partial charge is 0.221 e. The van der Waals surface area contributed by atoms with Crippen LogP contribution in [0.3, 0.4) is 0 Å². The molecule has 0 atom stereocenters. The minimum Gasteiger partial charge on any atom is -0.394 e. The van der Waals surface area contributed by atoms with Crippen LogP contribution in [0.5, 0.6) is 0 Å². The molecule has 0 heterocycles. The van der Waals surface area contributed by atoms with Crippen molar-refractivity contribution in [1.29, 1.82) is 0 Å². The van der Waals surface area contributed by atoms with Crippen LogP contribution < -0.4 is 11.1 Å². The van der Waals surface area contributed by atoms with Crippen molar-refractivity contribution in [2.75, 3.05) is 19.8 Å². The lowest BCUT2D eigenvalue weighted by Crippen LogP contribution is -2.55. The van der Waals surface area contributed by atoms with Gasteiger partial charge in [0.15, 0.2) is 0 Å². The summed E-state index contributed by atoms with van der Waals surface area (Å²) in [7, 11) is 0. The van der Waals surface area contributed by atoms with Crippen molar-refractivity contribution in [3.63, 3.8) is 0 Å². The molecule has 1 fully saturated rings. The molecule has 5 nitrogen and oxygen atoms in total. The fourth-order valence-electron chi connectivity index (χ4n) is 2.25. The van der Waals surface area contributed by atoms with Crippen molar-refractivity contribution < 1.29 is 15.0 Å². The summed E-state index contributed by atoms with van der Waals surface area (Å²) in [4.78, 5) is 11.9. The van der Waals surface area contributed by atoms with Gasteiger partial charge >= 0.3 is 0 Å². The first kappa shape index (κ1) is 14.4. The summed E-state index contributed by atoms with van der Waals surface area (Å²) in [5.41, 5.74) is 4.76. The van der Waals surface area contributed by atoms with E-state index in [-0.39, 0.29) is 24.5 Å². The zero-order valence-electron chi connectivity index (χ0n) is 10.5. The first-order valence-corrected chi connectivity index (χ1v) is 6.28. The molecule has 0 aromatic carbocycles. The molecule has 0 aromatic rings. The van der Waals surface area contributed by atoms with Crippen LogP contribution in [0.2, 0.25) is 0 Å². The highest BCUT2D eigenvalue weighted by atomic mass is 16.3. The van der Waals surface area contributed by atoms with E-state index in [0.29, 0.717) is 19.4 Å².